The topological polar surface area (TPSA) is 110 Å². The average molecular weight is 478 g/mol. The van der Waals surface area contributed by atoms with Gasteiger partial charge in [0.05, 0.1) is 7.11 Å². The summed E-state index contributed by atoms with van der Waals surface area (Å²) in [5, 5.41) is 5.25. The molecule has 1 saturated heterocycles. The van der Waals surface area contributed by atoms with Crippen LogP contribution in [0.15, 0.2) is 67.0 Å². The zero-order chi connectivity index (χ0) is 25.0. The Bertz CT molecular complexity index is 1250. The molecule has 1 aromatic heterocycles. The Kier molecular flexibility index (Phi) is 6.63. The second-order valence-corrected chi connectivity index (χ2v) is 8.01. The van der Waals surface area contributed by atoms with E-state index in [0.29, 0.717) is 22.7 Å². The van der Waals surface area contributed by atoms with E-state index in [1.54, 1.807) is 30.6 Å². The van der Waals surface area contributed by atoms with Gasteiger partial charge in [-0.2, -0.15) is 0 Å². The molecule has 1 aliphatic heterocycles. The van der Waals surface area contributed by atoms with Gasteiger partial charge in [0.2, 0.25) is 5.91 Å². The van der Waals surface area contributed by atoms with E-state index in [9.17, 15) is 18.8 Å². The van der Waals surface area contributed by atoms with Crippen molar-refractivity contribution in [2.24, 2.45) is 0 Å². The third-order valence-electron chi connectivity index (χ3n) is 5.59. The zero-order valence-electron chi connectivity index (χ0n) is 19.1. The first-order valence-corrected chi connectivity index (χ1v) is 10.7. The number of nitrogens with zero attached hydrogens (tertiary/aromatic N) is 2. The quantitative estimate of drug-likeness (QED) is 0.481. The number of aromatic nitrogens is 1. The number of hydrogen-bond donors (Lipinski definition) is 2. The first kappa shape index (κ1) is 23.7. The van der Waals surface area contributed by atoms with Crippen molar-refractivity contribution in [3.63, 3.8) is 0 Å². The highest BCUT2D eigenvalue weighted by Crippen LogP contribution is 2.32. The predicted molar refractivity (Wildman–Crippen MR) is 124 cm³/mol. The molecule has 0 saturated carbocycles. The van der Waals surface area contributed by atoms with Crippen molar-refractivity contribution in [2.45, 2.75) is 19.1 Å². The number of pyridine rings is 1. The van der Waals surface area contributed by atoms with Crippen LogP contribution in [-0.2, 0) is 21.7 Å². The molecule has 1 unspecified atom stereocenters. The Balaban J connectivity index is 1.43. The fourth-order valence-electron chi connectivity index (χ4n) is 3.67. The van der Waals surface area contributed by atoms with Gasteiger partial charge in [-0.3, -0.25) is 19.5 Å². The van der Waals surface area contributed by atoms with Crippen molar-refractivity contribution in [1.29, 1.82) is 0 Å². The van der Waals surface area contributed by atoms with Crippen LogP contribution in [0.25, 0.3) is 0 Å². The van der Waals surface area contributed by atoms with E-state index in [0.717, 1.165) is 10.5 Å². The number of anilines is 1. The van der Waals surface area contributed by atoms with Crippen LogP contribution in [0.4, 0.5) is 14.9 Å². The Labute approximate surface area is 200 Å². The van der Waals surface area contributed by atoms with E-state index >= 15 is 0 Å². The summed E-state index contributed by atoms with van der Waals surface area (Å²) in [6, 6.07) is 13.0. The number of carbonyl (C=O) groups excluding carboxylic acids is 3. The third kappa shape index (κ3) is 5.06. The van der Waals surface area contributed by atoms with Crippen molar-refractivity contribution in [3.8, 4) is 11.5 Å². The van der Waals surface area contributed by atoms with Gasteiger partial charge in [0, 0.05) is 24.1 Å². The first-order valence-electron chi connectivity index (χ1n) is 10.7. The SMILES string of the molecule is COc1ccc(NC(=O)CN2C(=O)NC(C)(c3ccc(F)cc3)C2=O)cc1OCc1ccncc1. The number of halogens is 1. The molecule has 4 rings (SSSR count). The maximum absolute atomic E-state index is 13.3. The fourth-order valence-corrected chi connectivity index (χ4v) is 3.67. The molecule has 10 heteroatoms. The van der Waals surface area contributed by atoms with Crippen molar-refractivity contribution in [3.05, 3.63) is 83.9 Å². The maximum atomic E-state index is 13.3. The summed E-state index contributed by atoms with van der Waals surface area (Å²) >= 11 is 0. The summed E-state index contributed by atoms with van der Waals surface area (Å²) in [6.07, 6.45) is 3.31. The highest BCUT2D eigenvalue weighted by atomic mass is 19.1. The van der Waals surface area contributed by atoms with Crippen LogP contribution in [0.5, 0.6) is 11.5 Å². The minimum absolute atomic E-state index is 0.265. The van der Waals surface area contributed by atoms with Gasteiger partial charge in [0.25, 0.3) is 5.91 Å². The van der Waals surface area contributed by atoms with Crippen LogP contribution in [0.2, 0.25) is 0 Å². The van der Waals surface area contributed by atoms with Gasteiger partial charge in [-0.1, -0.05) is 12.1 Å². The van der Waals surface area contributed by atoms with E-state index in [4.69, 9.17) is 9.47 Å². The fraction of sp³-hybridized carbons (Fsp3) is 0.200. The van der Waals surface area contributed by atoms with Crippen molar-refractivity contribution < 1.29 is 28.2 Å². The van der Waals surface area contributed by atoms with E-state index in [1.165, 1.54) is 38.3 Å². The van der Waals surface area contributed by atoms with E-state index in [2.05, 4.69) is 15.6 Å². The largest absolute Gasteiger partial charge is 0.493 e. The molecule has 0 spiro atoms. The second-order valence-electron chi connectivity index (χ2n) is 8.01. The number of methoxy groups -OCH3 is 1. The van der Waals surface area contributed by atoms with Gasteiger partial charge in [0.15, 0.2) is 11.5 Å². The van der Waals surface area contributed by atoms with Crippen LogP contribution < -0.4 is 20.1 Å². The minimum atomic E-state index is -1.40. The molecular weight excluding hydrogens is 455 g/mol. The molecular formula is C25H23FN4O5. The van der Waals surface area contributed by atoms with Gasteiger partial charge in [-0.25, -0.2) is 9.18 Å². The Morgan fingerprint density at radius 1 is 1.09 bits per heavy atom. The summed E-state index contributed by atoms with van der Waals surface area (Å²) in [5.74, 6) is -0.779. The molecule has 0 aliphatic carbocycles. The highest BCUT2D eigenvalue weighted by Gasteiger charge is 2.49. The maximum Gasteiger partial charge on any atom is 0.325 e. The van der Waals surface area contributed by atoms with Crippen LogP contribution in [0.3, 0.4) is 0 Å². The lowest BCUT2D eigenvalue weighted by Gasteiger charge is -2.22. The molecule has 0 radical (unpaired) electrons. The van der Waals surface area contributed by atoms with Gasteiger partial charge in [-0.15, -0.1) is 0 Å². The van der Waals surface area contributed by atoms with Gasteiger partial charge in [-0.05, 0) is 54.4 Å². The molecule has 0 bridgehead atoms. The lowest BCUT2D eigenvalue weighted by molar-refractivity contribution is -0.133. The molecule has 1 atom stereocenters. The average Bonchev–Trinajstić information content (AvgIpc) is 3.07. The van der Waals surface area contributed by atoms with Crippen molar-refractivity contribution in [2.75, 3.05) is 19.0 Å². The predicted octanol–water partition coefficient (Wildman–Crippen LogP) is 3.21. The number of ether oxygens (including phenoxy) is 2. The number of carbonyl (C=O) groups is 3. The molecule has 180 valence electrons. The van der Waals surface area contributed by atoms with E-state index in [1.807, 2.05) is 12.1 Å². The number of benzene rings is 2. The van der Waals surface area contributed by atoms with Crippen molar-refractivity contribution >= 4 is 23.5 Å². The highest BCUT2D eigenvalue weighted by molar-refractivity contribution is 6.10. The molecule has 2 aromatic carbocycles. The van der Waals surface area contributed by atoms with Crippen LogP contribution >= 0.6 is 0 Å². The molecule has 9 nitrogen and oxygen atoms in total. The molecule has 1 fully saturated rings. The number of amides is 4. The molecule has 4 amide bonds. The Morgan fingerprint density at radius 3 is 2.49 bits per heavy atom. The molecule has 35 heavy (non-hydrogen) atoms. The van der Waals surface area contributed by atoms with Crippen LogP contribution in [0, 0.1) is 5.82 Å². The summed E-state index contributed by atoms with van der Waals surface area (Å²) < 4.78 is 24.4. The summed E-state index contributed by atoms with van der Waals surface area (Å²) in [7, 11) is 1.50. The second kappa shape index (κ2) is 9.80. The molecule has 2 heterocycles. The zero-order valence-corrected chi connectivity index (χ0v) is 19.1. The number of hydrogen-bond acceptors (Lipinski definition) is 6. The van der Waals surface area contributed by atoms with Crippen molar-refractivity contribution in [1.82, 2.24) is 15.2 Å². The summed E-state index contributed by atoms with van der Waals surface area (Å²) in [5.41, 5.74) is 0.304. The lowest BCUT2D eigenvalue weighted by atomic mass is 9.92. The summed E-state index contributed by atoms with van der Waals surface area (Å²) in [4.78, 5) is 43.0. The number of rotatable bonds is 8. The molecule has 1 aliphatic rings. The standard InChI is InChI=1S/C25H23FN4O5/c1-25(17-3-5-18(26)6-4-17)23(32)30(24(33)29-25)14-22(31)28-19-7-8-20(34-2)21(13-19)35-15-16-9-11-27-12-10-16/h3-13H,14-15H2,1-2H3,(H,28,31)(H,29,33). The van der Waals surface area contributed by atoms with Crippen LogP contribution in [0.1, 0.15) is 18.1 Å². The summed E-state index contributed by atoms with van der Waals surface area (Å²) in [6.45, 7) is 1.27. The van der Waals surface area contributed by atoms with Gasteiger partial charge in [0.1, 0.15) is 24.5 Å². The lowest BCUT2D eigenvalue weighted by Crippen LogP contribution is -2.42. The van der Waals surface area contributed by atoms with E-state index in [-0.39, 0.29) is 6.61 Å². The van der Waals surface area contributed by atoms with Gasteiger partial charge < -0.3 is 20.1 Å². The number of nitrogens with one attached hydrogen (secondary N) is 2. The molecule has 3 aromatic rings. The van der Waals surface area contributed by atoms with E-state index < -0.39 is 35.7 Å². The van der Waals surface area contributed by atoms with Crippen LogP contribution in [-0.4, -0.2) is 41.4 Å². The number of imide groups is 1. The molecule has 2 N–H and O–H groups in total. The normalized spacial score (nSPS) is 17.2. The Morgan fingerprint density at radius 2 is 1.80 bits per heavy atom. The minimum Gasteiger partial charge on any atom is -0.493 e. The van der Waals surface area contributed by atoms with Gasteiger partial charge >= 0.3 is 6.03 Å². The Hall–Kier alpha value is -4.47. The third-order valence-corrected chi connectivity index (χ3v) is 5.59. The smallest absolute Gasteiger partial charge is 0.325 e. The monoisotopic (exact) mass is 478 g/mol. The first-order chi connectivity index (χ1) is 16.8. The number of urea groups is 1.